The topological polar surface area (TPSA) is 88.3 Å². The molecule has 1 aliphatic rings. The number of aromatic carboxylic acids is 1. The summed E-state index contributed by atoms with van der Waals surface area (Å²) in [5, 5.41) is 15.9. The number of carboxylic acid groups (broad SMARTS) is 1. The fourth-order valence-corrected chi connectivity index (χ4v) is 2.58. The molecule has 1 fully saturated rings. The SMILES string of the molecule is CC1CC(C)CN(C(=O)Cn2cc(C(=O)O)nn2)C1. The molecule has 0 saturated carbocycles. The van der Waals surface area contributed by atoms with Crippen LogP contribution in [0.1, 0.15) is 30.8 Å². The van der Waals surface area contributed by atoms with Gasteiger partial charge in [0.05, 0.1) is 6.20 Å². The van der Waals surface area contributed by atoms with Gasteiger partial charge in [-0.15, -0.1) is 5.10 Å². The Morgan fingerprint density at radius 2 is 2.00 bits per heavy atom. The van der Waals surface area contributed by atoms with Crippen molar-refractivity contribution < 1.29 is 14.7 Å². The summed E-state index contributed by atoms with van der Waals surface area (Å²) in [6.07, 6.45) is 2.41. The monoisotopic (exact) mass is 266 g/mol. The van der Waals surface area contributed by atoms with Crippen LogP contribution in [0.4, 0.5) is 0 Å². The average molecular weight is 266 g/mol. The molecule has 7 nitrogen and oxygen atoms in total. The van der Waals surface area contributed by atoms with Crippen LogP contribution in [-0.2, 0) is 11.3 Å². The molecule has 104 valence electrons. The molecule has 2 heterocycles. The molecule has 19 heavy (non-hydrogen) atoms. The Labute approximate surface area is 111 Å². The maximum atomic E-state index is 12.1. The summed E-state index contributed by atoms with van der Waals surface area (Å²) < 4.78 is 1.27. The van der Waals surface area contributed by atoms with Gasteiger partial charge in [-0.25, -0.2) is 9.48 Å². The van der Waals surface area contributed by atoms with E-state index in [1.807, 2.05) is 4.90 Å². The third kappa shape index (κ3) is 3.30. The largest absolute Gasteiger partial charge is 0.476 e. The molecule has 2 unspecified atom stereocenters. The predicted octanol–water partition coefficient (Wildman–Crippen LogP) is 0.481. The molecule has 0 spiro atoms. The van der Waals surface area contributed by atoms with Gasteiger partial charge in [0.2, 0.25) is 5.91 Å². The summed E-state index contributed by atoms with van der Waals surface area (Å²) in [4.78, 5) is 24.6. The first-order chi connectivity index (χ1) is 8.95. The zero-order valence-corrected chi connectivity index (χ0v) is 11.1. The van der Waals surface area contributed by atoms with Crippen LogP contribution in [0.2, 0.25) is 0 Å². The number of nitrogens with zero attached hydrogens (tertiary/aromatic N) is 4. The van der Waals surface area contributed by atoms with Gasteiger partial charge >= 0.3 is 5.97 Å². The van der Waals surface area contributed by atoms with Crippen molar-refractivity contribution in [3.05, 3.63) is 11.9 Å². The molecular formula is C12H18N4O3. The minimum absolute atomic E-state index is 0.0414. The number of hydrogen-bond donors (Lipinski definition) is 1. The lowest BCUT2D eigenvalue weighted by molar-refractivity contribution is -0.134. The number of rotatable bonds is 3. The second-order valence-electron chi connectivity index (χ2n) is 5.35. The molecule has 1 aliphatic heterocycles. The summed E-state index contributed by atoms with van der Waals surface area (Å²) in [6.45, 7) is 5.81. The third-order valence-corrected chi connectivity index (χ3v) is 3.28. The van der Waals surface area contributed by atoms with E-state index >= 15 is 0 Å². The maximum absolute atomic E-state index is 12.1. The van der Waals surface area contributed by atoms with Crippen molar-refractivity contribution in [3.63, 3.8) is 0 Å². The van der Waals surface area contributed by atoms with Gasteiger partial charge in [0.15, 0.2) is 5.69 Å². The molecule has 1 N–H and O–H groups in total. The summed E-state index contributed by atoms with van der Waals surface area (Å²) in [5.41, 5.74) is -0.145. The lowest BCUT2D eigenvalue weighted by Crippen LogP contribution is -2.44. The van der Waals surface area contributed by atoms with E-state index in [1.54, 1.807) is 0 Å². The number of carboxylic acids is 1. The second-order valence-corrected chi connectivity index (χ2v) is 5.35. The molecule has 1 aromatic heterocycles. The summed E-state index contributed by atoms with van der Waals surface area (Å²) in [6, 6.07) is 0. The van der Waals surface area contributed by atoms with Crippen molar-refractivity contribution in [3.8, 4) is 0 Å². The van der Waals surface area contributed by atoms with Crippen LogP contribution in [0.25, 0.3) is 0 Å². The highest BCUT2D eigenvalue weighted by molar-refractivity contribution is 5.84. The Hall–Kier alpha value is -1.92. The third-order valence-electron chi connectivity index (χ3n) is 3.28. The molecule has 1 aromatic rings. The minimum Gasteiger partial charge on any atom is -0.476 e. The van der Waals surface area contributed by atoms with Crippen LogP contribution in [-0.4, -0.2) is 50.0 Å². The summed E-state index contributed by atoms with van der Waals surface area (Å²) in [7, 11) is 0. The minimum atomic E-state index is -1.14. The van der Waals surface area contributed by atoms with Crippen LogP contribution in [0.3, 0.4) is 0 Å². The van der Waals surface area contributed by atoms with E-state index in [0.717, 1.165) is 19.5 Å². The van der Waals surface area contributed by atoms with Crippen LogP contribution in [0.15, 0.2) is 6.20 Å². The number of piperidine rings is 1. The van der Waals surface area contributed by atoms with Gasteiger partial charge in [-0.3, -0.25) is 4.79 Å². The predicted molar refractivity (Wildman–Crippen MR) is 66.5 cm³/mol. The number of amides is 1. The van der Waals surface area contributed by atoms with Crippen molar-refractivity contribution in [2.75, 3.05) is 13.1 Å². The van der Waals surface area contributed by atoms with Gasteiger partial charge < -0.3 is 10.0 Å². The summed E-state index contributed by atoms with van der Waals surface area (Å²) >= 11 is 0. The van der Waals surface area contributed by atoms with Crippen LogP contribution in [0.5, 0.6) is 0 Å². The highest BCUT2D eigenvalue weighted by atomic mass is 16.4. The summed E-state index contributed by atoms with van der Waals surface area (Å²) in [5.74, 6) is -0.185. The van der Waals surface area contributed by atoms with E-state index < -0.39 is 5.97 Å². The van der Waals surface area contributed by atoms with Gasteiger partial charge in [-0.05, 0) is 18.3 Å². The Morgan fingerprint density at radius 1 is 1.37 bits per heavy atom. The van der Waals surface area contributed by atoms with E-state index in [2.05, 4.69) is 24.2 Å². The van der Waals surface area contributed by atoms with E-state index in [-0.39, 0.29) is 18.1 Å². The van der Waals surface area contributed by atoms with E-state index in [0.29, 0.717) is 11.8 Å². The average Bonchev–Trinajstić information content (AvgIpc) is 2.76. The van der Waals surface area contributed by atoms with Crippen LogP contribution in [0, 0.1) is 11.8 Å². The first kappa shape index (κ1) is 13.5. The Kier molecular flexibility index (Phi) is 3.82. The van der Waals surface area contributed by atoms with Gasteiger partial charge in [-0.2, -0.15) is 0 Å². The van der Waals surface area contributed by atoms with Crippen molar-refractivity contribution >= 4 is 11.9 Å². The quantitative estimate of drug-likeness (QED) is 0.859. The maximum Gasteiger partial charge on any atom is 0.358 e. The Morgan fingerprint density at radius 3 is 2.53 bits per heavy atom. The normalized spacial score (nSPS) is 23.4. The number of likely N-dealkylation sites (tertiary alicyclic amines) is 1. The smallest absolute Gasteiger partial charge is 0.358 e. The van der Waals surface area contributed by atoms with Gasteiger partial charge in [-0.1, -0.05) is 19.1 Å². The molecular weight excluding hydrogens is 248 g/mol. The fraction of sp³-hybridized carbons (Fsp3) is 0.667. The molecule has 7 heteroatoms. The molecule has 2 rings (SSSR count). The lowest BCUT2D eigenvalue weighted by Gasteiger charge is -2.34. The number of carbonyl (C=O) groups is 2. The zero-order valence-electron chi connectivity index (χ0n) is 11.1. The van der Waals surface area contributed by atoms with Gasteiger partial charge in [0, 0.05) is 13.1 Å². The zero-order chi connectivity index (χ0) is 14.0. The Bertz CT molecular complexity index is 475. The van der Waals surface area contributed by atoms with Crippen LogP contribution < -0.4 is 0 Å². The first-order valence-corrected chi connectivity index (χ1v) is 6.37. The highest BCUT2D eigenvalue weighted by Gasteiger charge is 2.25. The van der Waals surface area contributed by atoms with E-state index in [4.69, 9.17) is 5.11 Å². The van der Waals surface area contributed by atoms with Crippen LogP contribution >= 0.6 is 0 Å². The van der Waals surface area contributed by atoms with E-state index in [1.165, 1.54) is 10.9 Å². The fourth-order valence-electron chi connectivity index (χ4n) is 2.58. The number of aromatic nitrogens is 3. The van der Waals surface area contributed by atoms with E-state index in [9.17, 15) is 9.59 Å². The van der Waals surface area contributed by atoms with Crippen molar-refractivity contribution in [1.82, 2.24) is 19.9 Å². The molecule has 1 amide bonds. The standard InChI is InChI=1S/C12H18N4O3/c1-8-3-9(2)5-15(4-8)11(17)7-16-6-10(12(18)19)13-14-16/h6,8-9H,3-5,7H2,1-2H3,(H,18,19). The van der Waals surface area contributed by atoms with Crippen molar-refractivity contribution in [2.24, 2.45) is 11.8 Å². The lowest BCUT2D eigenvalue weighted by atomic mass is 9.92. The molecule has 1 saturated heterocycles. The molecule has 0 radical (unpaired) electrons. The molecule has 0 aliphatic carbocycles. The van der Waals surface area contributed by atoms with Gasteiger partial charge in [0.25, 0.3) is 0 Å². The second kappa shape index (κ2) is 5.38. The number of carbonyl (C=O) groups excluding carboxylic acids is 1. The van der Waals surface area contributed by atoms with Crippen molar-refractivity contribution in [1.29, 1.82) is 0 Å². The van der Waals surface area contributed by atoms with Crippen molar-refractivity contribution in [2.45, 2.75) is 26.8 Å². The first-order valence-electron chi connectivity index (χ1n) is 6.37. The molecule has 2 atom stereocenters. The Balaban J connectivity index is 1.98. The number of hydrogen-bond acceptors (Lipinski definition) is 4. The molecule has 0 aromatic carbocycles. The highest BCUT2D eigenvalue weighted by Crippen LogP contribution is 2.21. The van der Waals surface area contributed by atoms with Gasteiger partial charge in [0.1, 0.15) is 6.54 Å². The molecule has 0 bridgehead atoms.